The fraction of sp³-hybridized carbons (Fsp3) is 0. The molecule has 0 aliphatic heterocycles. The van der Waals surface area contributed by atoms with Crippen LogP contribution in [0.25, 0.3) is 0 Å². The van der Waals surface area contributed by atoms with Gasteiger partial charge in [-0.25, -0.2) is 0 Å². The maximum Gasteiger partial charge on any atom is 1.00 e. The predicted molar refractivity (Wildman–Crippen MR) is 7.13 cm³/mol. The van der Waals surface area contributed by atoms with E-state index in [0.29, 0.717) is 0 Å². The first-order valence-electron chi connectivity index (χ1n) is 0.408. The van der Waals surface area contributed by atoms with Crippen LogP contribution in [0.2, 0.25) is 0 Å². The minimum absolute atomic E-state index is 0. The van der Waals surface area contributed by atoms with Crippen LogP contribution in [0.15, 0.2) is 0 Å². The Bertz CT molecular complexity index is 38.7. The van der Waals surface area contributed by atoms with Gasteiger partial charge in [-0.15, -0.1) is 0 Å². The summed E-state index contributed by atoms with van der Waals surface area (Å²) in [5.74, 6) is 0. The van der Waals surface area contributed by atoms with Crippen LogP contribution >= 0.6 is 0 Å². The molecule has 0 spiro atoms. The molecule has 0 aliphatic rings. The second kappa shape index (κ2) is 37.8. The second-order valence-corrected chi connectivity index (χ2v) is 0.250. The summed E-state index contributed by atoms with van der Waals surface area (Å²) in [7, 11) is -1.42. The first kappa shape index (κ1) is 33.3. The molecule has 0 atom stereocenters. The zero-order chi connectivity index (χ0) is 2.71. The monoisotopic (exact) mass is 176 g/mol. The Morgan fingerprint density at radius 2 is 1.14 bits per heavy atom. The zero-order valence-corrected chi connectivity index (χ0v) is 11.0. The minimum atomic E-state index is -1.42. The molecular formula is ClFKNaO2Si. The summed E-state index contributed by atoms with van der Waals surface area (Å²) in [4.78, 5) is 0. The van der Waals surface area contributed by atoms with E-state index in [4.69, 9.17) is 8.92 Å². The van der Waals surface area contributed by atoms with Crippen LogP contribution < -0.4 is 98.1 Å². The van der Waals surface area contributed by atoms with Crippen LogP contribution in [0.3, 0.4) is 0 Å². The molecule has 0 radical (unpaired) electrons. The van der Waals surface area contributed by atoms with E-state index in [1.165, 1.54) is 0 Å². The second-order valence-electron chi connectivity index (χ2n) is 0.0833. The van der Waals surface area contributed by atoms with Gasteiger partial charge in [0.15, 0.2) is 0 Å². The van der Waals surface area contributed by atoms with Crippen molar-refractivity contribution in [2.24, 2.45) is 0 Å². The molecule has 0 amide bonds. The Morgan fingerprint density at radius 1 is 1.14 bits per heavy atom. The molecule has 0 aromatic rings. The first-order valence-corrected chi connectivity index (χ1v) is 1.22. The summed E-state index contributed by atoms with van der Waals surface area (Å²) in [6.07, 6.45) is 0. The fourth-order valence-electron chi connectivity index (χ4n) is 0. The first-order chi connectivity index (χ1) is 1.41. The third kappa shape index (κ3) is 54.0. The number of rotatable bonds is 0. The van der Waals surface area contributed by atoms with Gasteiger partial charge in [0, 0.05) is 0 Å². The third-order valence-corrected chi connectivity index (χ3v) is 0. The van der Waals surface area contributed by atoms with E-state index >= 15 is 0 Å². The molecule has 7 heavy (non-hydrogen) atoms. The van der Waals surface area contributed by atoms with E-state index in [9.17, 15) is 0 Å². The molecule has 0 heterocycles. The molecule has 0 bridgehead atoms. The molecule has 0 saturated heterocycles. The van der Waals surface area contributed by atoms with Crippen LogP contribution in [-0.4, -0.2) is 9.29 Å². The van der Waals surface area contributed by atoms with Crippen molar-refractivity contribution in [3.05, 3.63) is 0 Å². The molecule has 0 rings (SSSR count). The Balaban J connectivity index is -0.00000000333. The summed E-state index contributed by atoms with van der Waals surface area (Å²) in [6, 6.07) is 0. The maximum atomic E-state index is 8.40. The Morgan fingerprint density at radius 3 is 1.14 bits per heavy atom. The van der Waals surface area contributed by atoms with E-state index in [1.54, 1.807) is 0 Å². The minimum Gasteiger partial charge on any atom is -1.00 e. The molecular weight excluding hydrogens is 177 g/mol. The van der Waals surface area contributed by atoms with Gasteiger partial charge in [0.05, 0.1) is 0 Å². The van der Waals surface area contributed by atoms with Gasteiger partial charge >= 0.3 is 90.2 Å². The van der Waals surface area contributed by atoms with Crippen LogP contribution in [0.5, 0.6) is 0 Å². The molecule has 2 nitrogen and oxygen atoms in total. The van der Waals surface area contributed by atoms with Crippen molar-refractivity contribution in [1.82, 2.24) is 0 Å². The third-order valence-electron chi connectivity index (χ3n) is 0. The Hall–Kier alpha value is 2.67. The van der Waals surface area contributed by atoms with Crippen LogP contribution in [0.1, 0.15) is 0 Å². The van der Waals surface area contributed by atoms with E-state index < -0.39 is 9.29 Å². The Kier molecular flexibility index (Phi) is 180. The van der Waals surface area contributed by atoms with E-state index in [-0.39, 0.29) is 98.1 Å². The van der Waals surface area contributed by atoms with Gasteiger partial charge in [-0.2, -0.15) is 0 Å². The summed E-state index contributed by atoms with van der Waals surface area (Å²) >= 11 is 0. The average Bonchev–Trinajstić information content (AvgIpc) is 0.918. The maximum absolute atomic E-state index is 8.40. The molecule has 0 unspecified atom stereocenters. The molecule has 0 aromatic carbocycles. The van der Waals surface area contributed by atoms with Crippen LogP contribution in [-0.2, 0) is 8.92 Å². The van der Waals surface area contributed by atoms with Gasteiger partial charge in [0.25, 0.3) is 0 Å². The van der Waals surface area contributed by atoms with E-state index in [0.717, 1.165) is 0 Å². The van der Waals surface area contributed by atoms with Gasteiger partial charge in [0.1, 0.15) is 0 Å². The topological polar surface area (TPSA) is 34.1 Å². The predicted octanol–water partition coefficient (Wildman–Crippen LogP) is -12.6. The Labute approximate surface area is 114 Å². The standard InChI is InChI=1S/ClH.FH.K.Na.O2Si/c;;;;1-3-2/h2*1H;;;/q;;2*+1;/p-2. The number of halogens is 2. The largest absolute Gasteiger partial charge is 1.00 e. The molecule has 7 heteroatoms. The van der Waals surface area contributed by atoms with Crippen molar-refractivity contribution in [1.29, 1.82) is 0 Å². The van der Waals surface area contributed by atoms with Gasteiger partial charge in [-0.05, 0) is 0 Å². The quantitative estimate of drug-likeness (QED) is 0.344. The van der Waals surface area contributed by atoms with Crippen LogP contribution in [0.4, 0.5) is 0 Å². The van der Waals surface area contributed by atoms with Gasteiger partial charge < -0.3 is 17.1 Å². The van der Waals surface area contributed by atoms with Gasteiger partial charge in [-0.1, -0.05) is 0 Å². The van der Waals surface area contributed by atoms with Crippen molar-refractivity contribution >= 4 is 9.29 Å². The molecule has 0 fully saturated rings. The van der Waals surface area contributed by atoms with Crippen molar-refractivity contribution < 1.29 is 107 Å². The van der Waals surface area contributed by atoms with E-state index in [1.807, 2.05) is 0 Å². The van der Waals surface area contributed by atoms with Crippen molar-refractivity contribution in [2.75, 3.05) is 0 Å². The molecule has 0 N–H and O–H groups in total. The molecule has 32 valence electrons. The van der Waals surface area contributed by atoms with Crippen molar-refractivity contribution in [3.8, 4) is 0 Å². The average molecular weight is 177 g/mol. The van der Waals surface area contributed by atoms with Gasteiger partial charge in [-0.3, -0.25) is 8.92 Å². The summed E-state index contributed by atoms with van der Waals surface area (Å²) in [5.41, 5.74) is 0. The van der Waals surface area contributed by atoms with Crippen molar-refractivity contribution in [2.45, 2.75) is 0 Å². The number of hydrogen-bond acceptors (Lipinski definition) is 2. The SMILES string of the molecule is O=[Si]=O.[Cl-].[F-].[K+].[Na+]. The van der Waals surface area contributed by atoms with Gasteiger partial charge in [0.2, 0.25) is 0 Å². The summed E-state index contributed by atoms with van der Waals surface area (Å²) < 4.78 is 16.8. The van der Waals surface area contributed by atoms with Crippen LogP contribution in [0, 0.1) is 0 Å². The van der Waals surface area contributed by atoms with E-state index in [2.05, 4.69) is 0 Å². The smallest absolute Gasteiger partial charge is 1.00 e. The zero-order valence-electron chi connectivity index (χ0n) is 4.07. The fourth-order valence-corrected chi connectivity index (χ4v) is 0. The summed E-state index contributed by atoms with van der Waals surface area (Å²) in [5, 5.41) is 0. The molecule has 0 aromatic heterocycles. The molecule has 0 aliphatic carbocycles. The molecule has 0 saturated carbocycles. The summed E-state index contributed by atoms with van der Waals surface area (Å²) in [6.45, 7) is 0. The number of hydrogen-bond donors (Lipinski definition) is 0. The normalized spacial score (nSPS) is 1.14. The van der Waals surface area contributed by atoms with Crippen molar-refractivity contribution in [3.63, 3.8) is 0 Å².